The second-order valence-electron chi connectivity index (χ2n) is 6.99. The van der Waals surface area contributed by atoms with Gasteiger partial charge in [0, 0.05) is 41.0 Å². The average molecular weight is 435 g/mol. The summed E-state index contributed by atoms with van der Waals surface area (Å²) in [6, 6.07) is 17.1. The first-order valence-electron chi connectivity index (χ1n) is 9.35. The van der Waals surface area contributed by atoms with Crippen LogP contribution in [-0.2, 0) is 0 Å². The SMILES string of the molecule is COc1ccccc1-n1nc(OC2CCS(O)(O)CC2)cc1-c1ccc(Cl)cc1. The summed E-state index contributed by atoms with van der Waals surface area (Å²) < 4.78 is 33.1. The first kappa shape index (κ1) is 20.1. The predicted octanol–water partition coefficient (Wildman–Crippen LogP) is 5.49. The second-order valence-corrected chi connectivity index (χ2v) is 9.84. The second kappa shape index (κ2) is 8.28. The molecule has 1 aromatic heterocycles. The predicted molar refractivity (Wildman–Crippen MR) is 117 cm³/mol. The smallest absolute Gasteiger partial charge is 0.234 e. The molecule has 0 bridgehead atoms. The third-order valence-corrected chi connectivity index (χ3v) is 6.99. The van der Waals surface area contributed by atoms with E-state index in [0.29, 0.717) is 41.0 Å². The monoisotopic (exact) mass is 434 g/mol. The van der Waals surface area contributed by atoms with Crippen molar-refractivity contribution in [2.75, 3.05) is 18.6 Å². The fraction of sp³-hybridized carbons (Fsp3) is 0.286. The molecule has 0 spiro atoms. The number of halogens is 1. The lowest BCUT2D eigenvalue weighted by Crippen LogP contribution is -2.28. The number of nitrogens with zero attached hydrogens (tertiary/aromatic N) is 2. The van der Waals surface area contributed by atoms with Gasteiger partial charge in [0.15, 0.2) is 0 Å². The first-order chi connectivity index (χ1) is 13.9. The summed E-state index contributed by atoms with van der Waals surface area (Å²) in [4.78, 5) is 0. The molecular weight excluding hydrogens is 412 g/mol. The number of ether oxygens (including phenoxy) is 2. The lowest BCUT2D eigenvalue weighted by molar-refractivity contribution is 0.178. The highest BCUT2D eigenvalue weighted by molar-refractivity contribution is 8.24. The van der Waals surface area contributed by atoms with Crippen molar-refractivity contribution in [2.45, 2.75) is 18.9 Å². The van der Waals surface area contributed by atoms with E-state index in [-0.39, 0.29) is 6.10 Å². The Morgan fingerprint density at radius 2 is 1.76 bits per heavy atom. The minimum atomic E-state index is -2.44. The Balaban J connectivity index is 1.70. The molecule has 2 heterocycles. The van der Waals surface area contributed by atoms with Gasteiger partial charge in [-0.2, -0.15) is 10.6 Å². The Morgan fingerprint density at radius 3 is 2.45 bits per heavy atom. The molecule has 1 aliphatic rings. The molecule has 0 amide bonds. The maximum absolute atomic E-state index is 9.82. The molecular formula is C21H23ClN2O4S. The van der Waals surface area contributed by atoms with E-state index in [2.05, 4.69) is 5.10 Å². The van der Waals surface area contributed by atoms with Gasteiger partial charge in [-0.3, -0.25) is 9.11 Å². The number of hydrogen-bond donors (Lipinski definition) is 2. The molecule has 0 aliphatic carbocycles. The Hall–Kier alpha value is -2.19. The molecule has 29 heavy (non-hydrogen) atoms. The van der Waals surface area contributed by atoms with Crippen LogP contribution in [-0.4, -0.2) is 43.6 Å². The molecule has 2 N–H and O–H groups in total. The summed E-state index contributed by atoms with van der Waals surface area (Å²) in [5.41, 5.74) is 2.59. The molecule has 154 valence electrons. The summed E-state index contributed by atoms with van der Waals surface area (Å²) in [7, 11) is -0.818. The van der Waals surface area contributed by atoms with Crippen molar-refractivity contribution in [1.29, 1.82) is 0 Å². The van der Waals surface area contributed by atoms with Crippen LogP contribution >= 0.6 is 22.2 Å². The lowest BCUT2D eigenvalue weighted by atomic mass is 10.1. The van der Waals surface area contributed by atoms with E-state index in [4.69, 9.17) is 21.1 Å². The molecule has 3 aromatic rings. The Bertz CT molecular complexity index is 981. The van der Waals surface area contributed by atoms with E-state index < -0.39 is 10.6 Å². The average Bonchev–Trinajstić information content (AvgIpc) is 3.13. The minimum Gasteiger partial charge on any atom is -0.494 e. The Kier molecular flexibility index (Phi) is 5.74. The fourth-order valence-corrected chi connectivity index (χ4v) is 5.02. The number of benzene rings is 2. The normalized spacial score (nSPS) is 17.7. The third kappa shape index (κ3) is 4.53. The summed E-state index contributed by atoms with van der Waals surface area (Å²) in [5.74, 6) is 1.93. The highest BCUT2D eigenvalue weighted by Gasteiger charge is 2.26. The van der Waals surface area contributed by atoms with Gasteiger partial charge in [-0.15, -0.1) is 5.10 Å². The third-order valence-electron chi connectivity index (χ3n) is 4.96. The van der Waals surface area contributed by atoms with Gasteiger partial charge in [0.05, 0.1) is 12.8 Å². The summed E-state index contributed by atoms with van der Waals surface area (Å²) in [6.07, 6.45) is 1.11. The molecule has 0 atom stereocenters. The molecule has 8 heteroatoms. The molecule has 0 unspecified atom stereocenters. The number of methoxy groups -OCH3 is 1. The number of hydrogen-bond acceptors (Lipinski definition) is 5. The van der Waals surface area contributed by atoms with Gasteiger partial charge < -0.3 is 9.47 Å². The molecule has 1 saturated heterocycles. The van der Waals surface area contributed by atoms with Crippen molar-refractivity contribution in [3.05, 3.63) is 59.6 Å². The van der Waals surface area contributed by atoms with Crippen LogP contribution in [0.25, 0.3) is 16.9 Å². The molecule has 1 aliphatic heterocycles. The van der Waals surface area contributed by atoms with Crippen molar-refractivity contribution in [3.63, 3.8) is 0 Å². The quantitative estimate of drug-likeness (QED) is 0.555. The van der Waals surface area contributed by atoms with Crippen molar-refractivity contribution in [3.8, 4) is 28.6 Å². The van der Waals surface area contributed by atoms with E-state index >= 15 is 0 Å². The van der Waals surface area contributed by atoms with Crippen LogP contribution in [0, 0.1) is 0 Å². The largest absolute Gasteiger partial charge is 0.494 e. The maximum atomic E-state index is 9.82. The standard InChI is InChI=1S/C21H23ClN2O4S/c1-27-20-5-3-2-4-18(20)24-19(15-6-8-16(22)9-7-15)14-21(23-24)28-17-10-12-29(25,26)13-11-17/h2-9,14,17,25-26H,10-13H2,1H3. The topological polar surface area (TPSA) is 76.7 Å². The zero-order valence-electron chi connectivity index (χ0n) is 16.0. The van der Waals surface area contributed by atoms with E-state index in [1.165, 1.54) is 0 Å². The molecule has 1 fully saturated rings. The van der Waals surface area contributed by atoms with Crippen molar-refractivity contribution >= 4 is 22.2 Å². The van der Waals surface area contributed by atoms with E-state index in [1.807, 2.05) is 54.6 Å². The number of aromatic nitrogens is 2. The van der Waals surface area contributed by atoms with Crippen LogP contribution in [0.1, 0.15) is 12.8 Å². The van der Waals surface area contributed by atoms with Gasteiger partial charge in [-0.1, -0.05) is 35.9 Å². The highest BCUT2D eigenvalue weighted by Crippen LogP contribution is 2.44. The molecule has 4 rings (SSSR count). The van der Waals surface area contributed by atoms with Crippen LogP contribution in [0.5, 0.6) is 11.6 Å². The Labute approximate surface area is 176 Å². The van der Waals surface area contributed by atoms with E-state index in [0.717, 1.165) is 16.9 Å². The Morgan fingerprint density at radius 1 is 1.07 bits per heavy atom. The fourth-order valence-electron chi connectivity index (χ4n) is 3.41. The zero-order valence-corrected chi connectivity index (χ0v) is 17.6. The van der Waals surface area contributed by atoms with Gasteiger partial charge in [0.25, 0.3) is 0 Å². The first-order valence-corrected chi connectivity index (χ1v) is 11.6. The molecule has 0 saturated carbocycles. The van der Waals surface area contributed by atoms with E-state index in [1.54, 1.807) is 11.8 Å². The van der Waals surface area contributed by atoms with Crippen LogP contribution in [0.4, 0.5) is 0 Å². The van der Waals surface area contributed by atoms with Crippen LogP contribution in [0.3, 0.4) is 0 Å². The number of rotatable bonds is 5. The summed E-state index contributed by atoms with van der Waals surface area (Å²) in [5, 5.41) is 5.34. The van der Waals surface area contributed by atoms with Crippen LogP contribution in [0.15, 0.2) is 54.6 Å². The van der Waals surface area contributed by atoms with Gasteiger partial charge >= 0.3 is 0 Å². The zero-order chi connectivity index (χ0) is 20.4. The van der Waals surface area contributed by atoms with Crippen molar-refractivity contribution in [2.24, 2.45) is 0 Å². The summed E-state index contributed by atoms with van der Waals surface area (Å²) in [6.45, 7) is 0. The number of para-hydroxylation sites is 2. The van der Waals surface area contributed by atoms with Crippen molar-refractivity contribution in [1.82, 2.24) is 9.78 Å². The maximum Gasteiger partial charge on any atom is 0.234 e. The lowest BCUT2D eigenvalue weighted by Gasteiger charge is -2.38. The van der Waals surface area contributed by atoms with Gasteiger partial charge in [0.1, 0.15) is 17.5 Å². The van der Waals surface area contributed by atoms with Crippen molar-refractivity contribution < 1.29 is 18.6 Å². The van der Waals surface area contributed by atoms with Gasteiger partial charge in [-0.25, -0.2) is 4.68 Å². The minimum absolute atomic E-state index is 0.0889. The molecule has 2 aromatic carbocycles. The van der Waals surface area contributed by atoms with Crippen LogP contribution in [0.2, 0.25) is 5.02 Å². The molecule has 0 radical (unpaired) electrons. The highest BCUT2D eigenvalue weighted by atomic mass is 35.5. The molecule has 6 nitrogen and oxygen atoms in total. The van der Waals surface area contributed by atoms with Crippen LogP contribution < -0.4 is 9.47 Å². The van der Waals surface area contributed by atoms with Gasteiger partial charge in [-0.05, 0) is 24.3 Å². The van der Waals surface area contributed by atoms with Gasteiger partial charge in [0.2, 0.25) is 5.88 Å². The van der Waals surface area contributed by atoms with E-state index in [9.17, 15) is 9.11 Å². The summed E-state index contributed by atoms with van der Waals surface area (Å²) >= 11 is 6.05.